The van der Waals surface area contributed by atoms with E-state index in [-0.39, 0.29) is 0 Å². The summed E-state index contributed by atoms with van der Waals surface area (Å²) in [5.74, 6) is 2.43. The summed E-state index contributed by atoms with van der Waals surface area (Å²) in [5, 5.41) is 0. The molecule has 1 aliphatic carbocycles. The van der Waals surface area contributed by atoms with E-state index in [1.54, 1.807) is 6.08 Å². The first-order valence-corrected chi connectivity index (χ1v) is 5.81. The van der Waals surface area contributed by atoms with Crippen LogP contribution in [0.4, 0.5) is 0 Å². The SMILES string of the molecule is CCC(C)C1CCC(CN=C=O)CC1. The maximum Gasteiger partial charge on any atom is 0.234 e. The van der Waals surface area contributed by atoms with Gasteiger partial charge in [0.15, 0.2) is 0 Å². The van der Waals surface area contributed by atoms with Crippen molar-refractivity contribution in [3.8, 4) is 0 Å². The number of hydrogen-bond donors (Lipinski definition) is 0. The van der Waals surface area contributed by atoms with Gasteiger partial charge >= 0.3 is 0 Å². The Morgan fingerprint density at radius 1 is 1.36 bits per heavy atom. The van der Waals surface area contributed by atoms with Crippen LogP contribution in [-0.2, 0) is 4.79 Å². The lowest BCUT2D eigenvalue weighted by Gasteiger charge is -2.31. The van der Waals surface area contributed by atoms with Crippen molar-refractivity contribution in [3.63, 3.8) is 0 Å². The van der Waals surface area contributed by atoms with Crippen LogP contribution in [-0.4, -0.2) is 12.6 Å². The average molecular weight is 195 g/mol. The summed E-state index contributed by atoms with van der Waals surface area (Å²) in [6, 6.07) is 0. The summed E-state index contributed by atoms with van der Waals surface area (Å²) in [6.45, 7) is 5.33. The number of rotatable bonds is 4. The van der Waals surface area contributed by atoms with Crippen LogP contribution in [0, 0.1) is 17.8 Å². The molecule has 0 radical (unpaired) electrons. The number of nitrogens with zero attached hydrogens (tertiary/aromatic N) is 1. The van der Waals surface area contributed by atoms with Crippen LogP contribution in [0.25, 0.3) is 0 Å². The van der Waals surface area contributed by atoms with Gasteiger partial charge < -0.3 is 0 Å². The predicted molar refractivity (Wildman–Crippen MR) is 57.9 cm³/mol. The molecule has 0 aliphatic heterocycles. The standard InChI is InChI=1S/C12H21NO/c1-3-10(2)12-6-4-11(5-7-12)8-13-9-14/h10-12H,3-8H2,1-2H3. The Hall–Kier alpha value is -0.620. The molecule has 0 aromatic rings. The minimum atomic E-state index is 0.650. The molecule has 0 amide bonds. The summed E-state index contributed by atoms with van der Waals surface area (Å²) in [7, 11) is 0. The van der Waals surface area contributed by atoms with Crippen molar-refractivity contribution in [1.29, 1.82) is 0 Å². The molecule has 0 spiro atoms. The fourth-order valence-electron chi connectivity index (χ4n) is 2.44. The molecule has 1 unspecified atom stereocenters. The minimum Gasteiger partial charge on any atom is -0.211 e. The molecule has 80 valence electrons. The zero-order valence-electron chi connectivity index (χ0n) is 9.33. The van der Waals surface area contributed by atoms with Crippen molar-refractivity contribution >= 4 is 6.08 Å². The molecular formula is C12H21NO. The first-order chi connectivity index (χ1) is 6.77. The third-order valence-corrected chi connectivity index (χ3v) is 3.75. The zero-order valence-corrected chi connectivity index (χ0v) is 9.33. The topological polar surface area (TPSA) is 29.4 Å². The number of carbonyl (C=O) groups excluding carboxylic acids is 1. The molecule has 1 saturated carbocycles. The van der Waals surface area contributed by atoms with Crippen LogP contribution >= 0.6 is 0 Å². The van der Waals surface area contributed by atoms with Crippen molar-refractivity contribution < 1.29 is 4.79 Å². The van der Waals surface area contributed by atoms with E-state index in [2.05, 4.69) is 18.8 Å². The van der Waals surface area contributed by atoms with E-state index in [9.17, 15) is 4.79 Å². The number of isocyanates is 1. The Labute approximate surface area is 86.8 Å². The van der Waals surface area contributed by atoms with Gasteiger partial charge in [-0.05, 0) is 43.4 Å². The fourth-order valence-corrected chi connectivity index (χ4v) is 2.44. The van der Waals surface area contributed by atoms with Crippen molar-refractivity contribution in [2.24, 2.45) is 22.7 Å². The third kappa shape index (κ3) is 3.26. The normalized spacial score (nSPS) is 29.3. The molecule has 2 heteroatoms. The molecule has 1 aliphatic rings. The Morgan fingerprint density at radius 2 is 2.00 bits per heavy atom. The molecule has 0 saturated heterocycles. The van der Waals surface area contributed by atoms with Crippen LogP contribution in [0.5, 0.6) is 0 Å². The maximum absolute atomic E-state index is 9.97. The van der Waals surface area contributed by atoms with Crippen molar-refractivity contribution in [2.45, 2.75) is 46.0 Å². The third-order valence-electron chi connectivity index (χ3n) is 3.75. The second-order valence-electron chi connectivity index (χ2n) is 4.60. The van der Waals surface area contributed by atoms with Crippen molar-refractivity contribution in [1.82, 2.24) is 0 Å². The monoisotopic (exact) mass is 195 g/mol. The van der Waals surface area contributed by atoms with E-state index >= 15 is 0 Å². The lowest BCUT2D eigenvalue weighted by Crippen LogP contribution is -2.21. The molecule has 1 rings (SSSR count). The van der Waals surface area contributed by atoms with E-state index in [4.69, 9.17) is 0 Å². The Bertz CT molecular complexity index is 200. The molecule has 1 atom stereocenters. The molecule has 2 nitrogen and oxygen atoms in total. The summed E-state index contributed by atoms with van der Waals surface area (Å²) in [6.07, 6.45) is 8.08. The van der Waals surface area contributed by atoms with Crippen molar-refractivity contribution in [3.05, 3.63) is 0 Å². The molecule has 0 N–H and O–H groups in total. The number of hydrogen-bond acceptors (Lipinski definition) is 2. The van der Waals surface area contributed by atoms with Gasteiger partial charge in [0.2, 0.25) is 6.08 Å². The first-order valence-electron chi connectivity index (χ1n) is 5.81. The second kappa shape index (κ2) is 5.98. The van der Waals surface area contributed by atoms with E-state index < -0.39 is 0 Å². The molecule has 0 aromatic carbocycles. The van der Waals surface area contributed by atoms with Gasteiger partial charge in [-0.15, -0.1) is 0 Å². The van der Waals surface area contributed by atoms with Gasteiger partial charge in [-0.25, -0.2) is 9.79 Å². The molecule has 14 heavy (non-hydrogen) atoms. The summed E-state index contributed by atoms with van der Waals surface area (Å²) < 4.78 is 0. The average Bonchev–Trinajstić information content (AvgIpc) is 2.26. The van der Waals surface area contributed by atoms with Gasteiger partial charge in [-0.1, -0.05) is 20.3 Å². The first kappa shape index (κ1) is 11.5. The second-order valence-corrected chi connectivity index (χ2v) is 4.60. The van der Waals surface area contributed by atoms with Crippen LogP contribution in [0.3, 0.4) is 0 Å². The van der Waals surface area contributed by atoms with E-state index in [1.807, 2.05) is 0 Å². The van der Waals surface area contributed by atoms with E-state index in [0.717, 1.165) is 11.8 Å². The highest BCUT2D eigenvalue weighted by molar-refractivity contribution is 5.32. The van der Waals surface area contributed by atoms with Gasteiger partial charge in [0.1, 0.15) is 0 Å². The quantitative estimate of drug-likeness (QED) is 0.500. The van der Waals surface area contributed by atoms with Gasteiger partial charge in [-0.3, -0.25) is 0 Å². The van der Waals surface area contributed by atoms with Crippen LogP contribution in [0.15, 0.2) is 4.99 Å². The molecule has 0 bridgehead atoms. The van der Waals surface area contributed by atoms with Gasteiger partial charge in [0, 0.05) is 0 Å². The largest absolute Gasteiger partial charge is 0.234 e. The van der Waals surface area contributed by atoms with Crippen molar-refractivity contribution in [2.75, 3.05) is 6.54 Å². The Morgan fingerprint density at radius 3 is 2.50 bits per heavy atom. The predicted octanol–water partition coefficient (Wildman–Crippen LogP) is 3.17. The molecule has 0 heterocycles. The lowest BCUT2D eigenvalue weighted by molar-refractivity contribution is 0.214. The fraction of sp³-hybridized carbons (Fsp3) is 0.917. The minimum absolute atomic E-state index is 0.650. The Balaban J connectivity index is 2.27. The molecule has 1 fully saturated rings. The van der Waals surface area contributed by atoms with Crippen LogP contribution < -0.4 is 0 Å². The van der Waals surface area contributed by atoms with Crippen LogP contribution in [0.2, 0.25) is 0 Å². The zero-order chi connectivity index (χ0) is 10.4. The van der Waals surface area contributed by atoms with E-state index in [1.165, 1.54) is 32.1 Å². The highest BCUT2D eigenvalue weighted by Gasteiger charge is 2.23. The highest BCUT2D eigenvalue weighted by atomic mass is 16.1. The molecule has 0 aromatic heterocycles. The maximum atomic E-state index is 9.97. The lowest BCUT2D eigenvalue weighted by atomic mass is 9.76. The van der Waals surface area contributed by atoms with Gasteiger partial charge in [-0.2, -0.15) is 0 Å². The molecular weight excluding hydrogens is 174 g/mol. The van der Waals surface area contributed by atoms with Gasteiger partial charge in [0.05, 0.1) is 6.54 Å². The summed E-state index contributed by atoms with van der Waals surface area (Å²) >= 11 is 0. The van der Waals surface area contributed by atoms with E-state index in [0.29, 0.717) is 12.5 Å². The van der Waals surface area contributed by atoms with Gasteiger partial charge in [0.25, 0.3) is 0 Å². The van der Waals surface area contributed by atoms with Crippen LogP contribution in [0.1, 0.15) is 46.0 Å². The number of aliphatic imine (C=N–C) groups is 1. The highest BCUT2D eigenvalue weighted by Crippen LogP contribution is 2.34. The smallest absolute Gasteiger partial charge is 0.211 e. The Kier molecular flexibility index (Phi) is 4.89. The summed E-state index contributed by atoms with van der Waals surface area (Å²) in [5.41, 5.74) is 0. The summed E-state index contributed by atoms with van der Waals surface area (Å²) in [4.78, 5) is 13.7.